The molecule has 0 saturated heterocycles. The molecule has 1 saturated carbocycles. The predicted octanol–water partition coefficient (Wildman–Crippen LogP) is 1.66. The van der Waals surface area contributed by atoms with Crippen LogP contribution in [0, 0.1) is 17.8 Å². The van der Waals surface area contributed by atoms with Gasteiger partial charge >= 0.3 is 0 Å². The van der Waals surface area contributed by atoms with Gasteiger partial charge in [0.1, 0.15) is 0 Å². The third-order valence-corrected chi connectivity index (χ3v) is 2.75. The third kappa shape index (κ3) is 1.26. The fourth-order valence-electron chi connectivity index (χ4n) is 1.87. The summed E-state index contributed by atoms with van der Waals surface area (Å²) in [5, 5.41) is 8.91. The number of hydrogen-bond acceptors (Lipinski definition) is 1. The van der Waals surface area contributed by atoms with Gasteiger partial charge in [-0.1, -0.05) is 26.7 Å². The summed E-state index contributed by atoms with van der Waals surface area (Å²) in [7, 11) is 0. The third-order valence-electron chi connectivity index (χ3n) is 2.75. The molecule has 1 nitrogen and oxygen atoms in total. The molecule has 54 valence electrons. The standard InChI is InChI=1S/C8H16O/c1-6-3-4-7(2)8(6)5-9/h6-9H,3-5H2,1-2H3. The molecule has 0 aliphatic heterocycles. The van der Waals surface area contributed by atoms with Crippen LogP contribution in [0.2, 0.25) is 0 Å². The minimum Gasteiger partial charge on any atom is -0.396 e. The summed E-state index contributed by atoms with van der Waals surface area (Å²) in [5.41, 5.74) is 0. The molecule has 0 radical (unpaired) electrons. The molecule has 0 aromatic carbocycles. The van der Waals surface area contributed by atoms with Crippen LogP contribution in [-0.4, -0.2) is 11.7 Å². The van der Waals surface area contributed by atoms with Crippen molar-refractivity contribution < 1.29 is 5.11 Å². The molecule has 0 bridgehead atoms. The van der Waals surface area contributed by atoms with E-state index in [4.69, 9.17) is 5.11 Å². The van der Waals surface area contributed by atoms with Crippen molar-refractivity contribution >= 4 is 0 Å². The number of aliphatic hydroxyl groups is 1. The summed E-state index contributed by atoms with van der Waals surface area (Å²) in [6, 6.07) is 0. The van der Waals surface area contributed by atoms with Crippen molar-refractivity contribution in [2.24, 2.45) is 17.8 Å². The molecule has 0 spiro atoms. The minimum atomic E-state index is 0.391. The second kappa shape index (κ2) is 2.70. The van der Waals surface area contributed by atoms with Crippen molar-refractivity contribution in [1.82, 2.24) is 0 Å². The Labute approximate surface area is 57.1 Å². The van der Waals surface area contributed by atoms with Gasteiger partial charge in [0.2, 0.25) is 0 Å². The van der Waals surface area contributed by atoms with Crippen molar-refractivity contribution in [2.45, 2.75) is 26.7 Å². The summed E-state index contributed by atoms with van der Waals surface area (Å²) >= 11 is 0. The average Bonchev–Trinajstić information content (AvgIpc) is 2.12. The van der Waals surface area contributed by atoms with E-state index in [1.807, 2.05) is 0 Å². The summed E-state index contributed by atoms with van der Waals surface area (Å²) in [6.07, 6.45) is 2.62. The van der Waals surface area contributed by atoms with Gasteiger partial charge in [-0.05, 0) is 17.8 Å². The molecule has 1 fully saturated rings. The van der Waals surface area contributed by atoms with E-state index in [1.54, 1.807) is 0 Å². The van der Waals surface area contributed by atoms with Gasteiger partial charge in [-0.3, -0.25) is 0 Å². The Hall–Kier alpha value is -0.0400. The van der Waals surface area contributed by atoms with Gasteiger partial charge < -0.3 is 5.11 Å². The van der Waals surface area contributed by atoms with Crippen molar-refractivity contribution in [3.63, 3.8) is 0 Å². The zero-order chi connectivity index (χ0) is 6.85. The van der Waals surface area contributed by atoms with Gasteiger partial charge in [-0.2, -0.15) is 0 Å². The summed E-state index contributed by atoms with van der Waals surface area (Å²) < 4.78 is 0. The van der Waals surface area contributed by atoms with E-state index in [1.165, 1.54) is 12.8 Å². The van der Waals surface area contributed by atoms with E-state index in [-0.39, 0.29) is 0 Å². The van der Waals surface area contributed by atoms with E-state index in [9.17, 15) is 0 Å². The van der Waals surface area contributed by atoms with Gasteiger partial charge in [0.25, 0.3) is 0 Å². The molecule has 1 rings (SSSR count). The van der Waals surface area contributed by atoms with Gasteiger partial charge in [-0.25, -0.2) is 0 Å². The summed E-state index contributed by atoms with van der Waals surface area (Å²) in [5.74, 6) is 2.10. The molecule has 2 unspecified atom stereocenters. The van der Waals surface area contributed by atoms with Gasteiger partial charge in [-0.15, -0.1) is 0 Å². The molecule has 0 amide bonds. The molecular formula is C8H16O. The Morgan fingerprint density at radius 3 is 1.89 bits per heavy atom. The topological polar surface area (TPSA) is 20.2 Å². The first-order chi connectivity index (χ1) is 4.25. The van der Waals surface area contributed by atoms with Crippen molar-refractivity contribution in [3.8, 4) is 0 Å². The maximum absolute atomic E-state index is 8.91. The summed E-state index contributed by atoms with van der Waals surface area (Å²) in [6.45, 7) is 4.87. The Bertz CT molecular complexity index is 80.6. The Morgan fingerprint density at radius 1 is 1.22 bits per heavy atom. The lowest BCUT2D eigenvalue weighted by Gasteiger charge is -2.15. The van der Waals surface area contributed by atoms with Crippen LogP contribution in [0.3, 0.4) is 0 Å². The smallest absolute Gasteiger partial charge is 0.0464 e. The fourth-order valence-corrected chi connectivity index (χ4v) is 1.87. The molecule has 1 aliphatic rings. The molecule has 0 aromatic rings. The number of rotatable bonds is 1. The molecule has 2 atom stereocenters. The molecular weight excluding hydrogens is 112 g/mol. The molecule has 1 N–H and O–H groups in total. The number of aliphatic hydroxyl groups excluding tert-OH is 1. The average molecular weight is 128 g/mol. The lowest BCUT2D eigenvalue weighted by atomic mass is 9.93. The van der Waals surface area contributed by atoms with Crippen molar-refractivity contribution in [1.29, 1.82) is 0 Å². The fraction of sp³-hybridized carbons (Fsp3) is 1.00. The van der Waals surface area contributed by atoms with Gasteiger partial charge in [0.15, 0.2) is 0 Å². The number of hydrogen-bond donors (Lipinski definition) is 1. The highest BCUT2D eigenvalue weighted by Crippen LogP contribution is 2.35. The first-order valence-electron chi connectivity index (χ1n) is 3.86. The van der Waals surface area contributed by atoms with Crippen LogP contribution in [0.1, 0.15) is 26.7 Å². The Morgan fingerprint density at radius 2 is 1.67 bits per heavy atom. The SMILES string of the molecule is CC1CCC(C)C1CO. The van der Waals surface area contributed by atoms with Crippen LogP contribution in [-0.2, 0) is 0 Å². The second-order valence-corrected chi connectivity index (χ2v) is 3.38. The first-order valence-corrected chi connectivity index (χ1v) is 3.86. The highest BCUT2D eigenvalue weighted by atomic mass is 16.3. The van der Waals surface area contributed by atoms with Crippen molar-refractivity contribution in [3.05, 3.63) is 0 Å². The zero-order valence-electron chi connectivity index (χ0n) is 6.30. The predicted molar refractivity (Wildman–Crippen MR) is 38.1 cm³/mol. The van der Waals surface area contributed by atoms with E-state index >= 15 is 0 Å². The Balaban J connectivity index is 2.44. The van der Waals surface area contributed by atoms with E-state index in [0.717, 1.165) is 11.8 Å². The van der Waals surface area contributed by atoms with E-state index in [2.05, 4.69) is 13.8 Å². The maximum Gasteiger partial charge on any atom is 0.0464 e. The van der Waals surface area contributed by atoms with Crippen LogP contribution >= 0.6 is 0 Å². The van der Waals surface area contributed by atoms with E-state index < -0.39 is 0 Å². The molecule has 1 aliphatic carbocycles. The van der Waals surface area contributed by atoms with E-state index in [0.29, 0.717) is 12.5 Å². The lowest BCUT2D eigenvalue weighted by Crippen LogP contribution is -2.14. The van der Waals surface area contributed by atoms with Crippen LogP contribution in [0.5, 0.6) is 0 Å². The van der Waals surface area contributed by atoms with Crippen LogP contribution in [0.15, 0.2) is 0 Å². The summed E-state index contributed by atoms with van der Waals surface area (Å²) in [4.78, 5) is 0. The first kappa shape index (κ1) is 7.07. The zero-order valence-corrected chi connectivity index (χ0v) is 6.30. The molecule has 0 aromatic heterocycles. The van der Waals surface area contributed by atoms with Crippen LogP contribution < -0.4 is 0 Å². The highest BCUT2D eigenvalue weighted by Gasteiger charge is 2.28. The minimum absolute atomic E-state index is 0.391. The van der Waals surface area contributed by atoms with Gasteiger partial charge in [0.05, 0.1) is 0 Å². The maximum atomic E-state index is 8.91. The lowest BCUT2D eigenvalue weighted by molar-refractivity contribution is 0.173. The largest absolute Gasteiger partial charge is 0.396 e. The van der Waals surface area contributed by atoms with Crippen molar-refractivity contribution in [2.75, 3.05) is 6.61 Å². The second-order valence-electron chi connectivity index (χ2n) is 3.38. The Kier molecular flexibility index (Phi) is 2.12. The monoisotopic (exact) mass is 128 g/mol. The normalized spacial score (nSPS) is 43.7. The van der Waals surface area contributed by atoms with Crippen LogP contribution in [0.4, 0.5) is 0 Å². The van der Waals surface area contributed by atoms with Crippen LogP contribution in [0.25, 0.3) is 0 Å². The molecule has 9 heavy (non-hydrogen) atoms. The quantitative estimate of drug-likeness (QED) is 0.569. The molecule has 0 heterocycles. The van der Waals surface area contributed by atoms with Gasteiger partial charge in [0, 0.05) is 6.61 Å². The molecule has 1 heteroatoms. The highest BCUT2D eigenvalue weighted by molar-refractivity contribution is 4.78.